The van der Waals surface area contributed by atoms with E-state index in [1.165, 1.54) is 11.8 Å². The van der Waals surface area contributed by atoms with Gasteiger partial charge >= 0.3 is 0 Å². The predicted molar refractivity (Wildman–Crippen MR) is 111 cm³/mol. The Morgan fingerprint density at radius 3 is 2.54 bits per heavy atom. The largest absolute Gasteiger partial charge is 0.493 e. The van der Waals surface area contributed by atoms with Crippen LogP contribution in [0.3, 0.4) is 0 Å². The Morgan fingerprint density at radius 1 is 1.11 bits per heavy atom. The molecular weight excluding hydrogens is 374 g/mol. The van der Waals surface area contributed by atoms with Gasteiger partial charge in [0, 0.05) is 12.2 Å². The van der Waals surface area contributed by atoms with E-state index in [9.17, 15) is 4.79 Å². The number of rotatable bonds is 8. The fraction of sp³-hybridized carbons (Fsp3) is 0.238. The van der Waals surface area contributed by atoms with Crippen LogP contribution in [-0.4, -0.2) is 42.5 Å². The summed E-state index contributed by atoms with van der Waals surface area (Å²) < 4.78 is 12.5. The van der Waals surface area contributed by atoms with Gasteiger partial charge in [0.25, 0.3) is 5.91 Å². The molecule has 0 aliphatic heterocycles. The summed E-state index contributed by atoms with van der Waals surface area (Å²) >= 11 is 1.50. The highest BCUT2D eigenvalue weighted by atomic mass is 32.2. The van der Waals surface area contributed by atoms with E-state index in [1.54, 1.807) is 20.4 Å². The van der Waals surface area contributed by atoms with E-state index >= 15 is 0 Å². The smallest absolute Gasteiger partial charge is 0.269 e. The number of hydrogen-bond acceptors (Lipinski definition) is 5. The van der Waals surface area contributed by atoms with Gasteiger partial charge in [-0.15, -0.1) is 0 Å². The molecule has 0 bridgehead atoms. The second-order valence-corrected chi connectivity index (χ2v) is 6.77. The van der Waals surface area contributed by atoms with Gasteiger partial charge in [-0.1, -0.05) is 36.0 Å². The van der Waals surface area contributed by atoms with Crippen LogP contribution < -0.4 is 14.8 Å². The van der Waals surface area contributed by atoms with Crippen molar-refractivity contribution in [3.05, 3.63) is 66.0 Å². The van der Waals surface area contributed by atoms with Crippen LogP contribution in [0.25, 0.3) is 5.69 Å². The van der Waals surface area contributed by atoms with Gasteiger partial charge < -0.3 is 14.8 Å². The number of nitrogens with zero attached hydrogens (tertiary/aromatic N) is 2. The zero-order valence-electron chi connectivity index (χ0n) is 16.1. The third-order valence-electron chi connectivity index (χ3n) is 4.31. The number of carbonyl (C=O) groups is 1. The molecule has 0 saturated carbocycles. The van der Waals surface area contributed by atoms with Crippen molar-refractivity contribution in [3.8, 4) is 17.2 Å². The molecule has 0 spiro atoms. The average Bonchev–Trinajstić information content (AvgIpc) is 3.18. The van der Waals surface area contributed by atoms with Crippen LogP contribution in [0.4, 0.5) is 0 Å². The quantitative estimate of drug-likeness (QED) is 0.589. The highest BCUT2D eigenvalue weighted by Gasteiger charge is 2.17. The molecule has 1 amide bonds. The van der Waals surface area contributed by atoms with E-state index in [4.69, 9.17) is 9.47 Å². The number of imidazole rings is 1. The lowest BCUT2D eigenvalue weighted by Crippen LogP contribution is -2.27. The minimum atomic E-state index is -0.155. The molecule has 7 heteroatoms. The molecule has 0 radical (unpaired) electrons. The summed E-state index contributed by atoms with van der Waals surface area (Å²) in [6.45, 7) is 0.503. The van der Waals surface area contributed by atoms with E-state index in [0.717, 1.165) is 16.4 Å². The summed E-state index contributed by atoms with van der Waals surface area (Å²) in [7, 11) is 3.22. The molecule has 3 aromatic rings. The number of para-hydroxylation sites is 1. The second-order valence-electron chi connectivity index (χ2n) is 6.00. The molecule has 28 heavy (non-hydrogen) atoms. The number of aromatic nitrogens is 2. The fourth-order valence-corrected chi connectivity index (χ4v) is 3.46. The summed E-state index contributed by atoms with van der Waals surface area (Å²) in [5, 5.41) is 3.75. The van der Waals surface area contributed by atoms with Crippen molar-refractivity contribution in [2.24, 2.45) is 0 Å². The van der Waals surface area contributed by atoms with Gasteiger partial charge in [0.05, 0.1) is 20.4 Å². The van der Waals surface area contributed by atoms with Crippen molar-refractivity contribution in [2.45, 2.75) is 11.6 Å². The molecule has 146 valence electrons. The van der Waals surface area contributed by atoms with Gasteiger partial charge in [-0.05, 0) is 42.5 Å². The lowest BCUT2D eigenvalue weighted by molar-refractivity contribution is 0.0946. The van der Waals surface area contributed by atoms with E-state index in [-0.39, 0.29) is 5.91 Å². The Balaban J connectivity index is 1.70. The van der Waals surface area contributed by atoms with Crippen LogP contribution in [0.15, 0.2) is 59.9 Å². The first-order valence-electron chi connectivity index (χ1n) is 8.84. The molecule has 0 aliphatic rings. The monoisotopic (exact) mass is 397 g/mol. The predicted octanol–water partition coefficient (Wildman–Crippen LogP) is 3.58. The third kappa shape index (κ3) is 4.31. The van der Waals surface area contributed by atoms with Crippen LogP contribution in [0.1, 0.15) is 16.1 Å². The van der Waals surface area contributed by atoms with Crippen molar-refractivity contribution >= 4 is 17.7 Å². The normalized spacial score (nSPS) is 10.5. The molecule has 2 aromatic carbocycles. The van der Waals surface area contributed by atoms with Crippen molar-refractivity contribution in [1.29, 1.82) is 0 Å². The van der Waals surface area contributed by atoms with Gasteiger partial charge in [0.2, 0.25) is 0 Å². The Morgan fingerprint density at radius 2 is 1.86 bits per heavy atom. The summed E-state index contributed by atoms with van der Waals surface area (Å²) in [5.74, 6) is 1.21. The number of benzene rings is 2. The van der Waals surface area contributed by atoms with Crippen molar-refractivity contribution in [3.63, 3.8) is 0 Å². The van der Waals surface area contributed by atoms with E-state index in [2.05, 4.69) is 10.3 Å². The standard InChI is InChI=1S/C21H23N3O3S/c1-26-18-10-9-15(13-19(18)27-2)11-12-22-20(25)17-14-23-21(28-3)24(17)16-7-5-4-6-8-16/h4-10,13-14H,11-12H2,1-3H3,(H,22,25). The Labute approximate surface area is 168 Å². The van der Waals surface area contributed by atoms with Gasteiger partial charge in [-0.3, -0.25) is 9.36 Å². The first-order chi connectivity index (χ1) is 13.7. The number of amides is 1. The lowest BCUT2D eigenvalue weighted by Gasteiger charge is -2.12. The molecule has 1 aromatic heterocycles. The van der Waals surface area contributed by atoms with Crippen LogP contribution >= 0.6 is 11.8 Å². The summed E-state index contributed by atoms with van der Waals surface area (Å²) in [5.41, 5.74) is 2.48. The van der Waals surface area contributed by atoms with Gasteiger partial charge in [0.1, 0.15) is 5.69 Å². The summed E-state index contributed by atoms with van der Waals surface area (Å²) in [4.78, 5) is 17.1. The highest BCUT2D eigenvalue weighted by Crippen LogP contribution is 2.27. The van der Waals surface area contributed by atoms with E-state index in [0.29, 0.717) is 30.2 Å². The number of thioether (sulfide) groups is 1. The number of nitrogens with one attached hydrogen (secondary N) is 1. The topological polar surface area (TPSA) is 65.4 Å². The fourth-order valence-electron chi connectivity index (χ4n) is 2.91. The molecular formula is C21H23N3O3S. The third-order valence-corrected chi connectivity index (χ3v) is 4.96. The van der Waals surface area contributed by atoms with Crippen molar-refractivity contribution in [1.82, 2.24) is 14.9 Å². The minimum Gasteiger partial charge on any atom is -0.493 e. The first-order valence-corrected chi connectivity index (χ1v) is 10.1. The van der Waals surface area contributed by atoms with Gasteiger partial charge in [-0.25, -0.2) is 4.98 Å². The van der Waals surface area contributed by atoms with Crippen LogP contribution in [0.5, 0.6) is 11.5 Å². The molecule has 0 unspecified atom stereocenters. The highest BCUT2D eigenvalue weighted by molar-refractivity contribution is 7.98. The Kier molecular flexibility index (Phi) is 6.60. The maximum atomic E-state index is 12.8. The number of hydrogen-bond donors (Lipinski definition) is 1. The molecule has 1 N–H and O–H groups in total. The summed E-state index contributed by atoms with van der Waals surface area (Å²) in [6, 6.07) is 15.5. The zero-order valence-corrected chi connectivity index (χ0v) is 17.0. The molecule has 1 heterocycles. The number of ether oxygens (including phenoxy) is 2. The van der Waals surface area contributed by atoms with Crippen LogP contribution in [0.2, 0.25) is 0 Å². The maximum Gasteiger partial charge on any atom is 0.269 e. The van der Waals surface area contributed by atoms with Gasteiger partial charge in [0.15, 0.2) is 16.7 Å². The van der Waals surface area contributed by atoms with Crippen molar-refractivity contribution in [2.75, 3.05) is 27.0 Å². The van der Waals surface area contributed by atoms with Crippen LogP contribution in [0, 0.1) is 0 Å². The summed E-state index contributed by atoms with van der Waals surface area (Å²) in [6.07, 6.45) is 4.24. The van der Waals surface area contributed by atoms with Crippen LogP contribution in [-0.2, 0) is 6.42 Å². The zero-order chi connectivity index (χ0) is 19.9. The average molecular weight is 398 g/mol. The molecule has 0 fully saturated rings. The van der Waals surface area contributed by atoms with Gasteiger partial charge in [-0.2, -0.15) is 0 Å². The number of methoxy groups -OCH3 is 2. The Hall–Kier alpha value is -2.93. The maximum absolute atomic E-state index is 12.8. The SMILES string of the molecule is COc1ccc(CCNC(=O)c2cnc(SC)n2-c2ccccc2)cc1OC. The lowest BCUT2D eigenvalue weighted by atomic mass is 10.1. The minimum absolute atomic E-state index is 0.155. The molecule has 0 aliphatic carbocycles. The van der Waals surface area contributed by atoms with E-state index < -0.39 is 0 Å². The Bertz CT molecular complexity index is 941. The second kappa shape index (κ2) is 9.32. The number of carbonyl (C=O) groups excluding carboxylic acids is 1. The van der Waals surface area contributed by atoms with E-state index in [1.807, 2.05) is 59.4 Å². The molecule has 0 saturated heterocycles. The first kappa shape index (κ1) is 19.8. The molecule has 0 atom stereocenters. The van der Waals surface area contributed by atoms with Crippen molar-refractivity contribution < 1.29 is 14.3 Å². The molecule has 3 rings (SSSR count). The molecule has 6 nitrogen and oxygen atoms in total.